The van der Waals surface area contributed by atoms with E-state index in [1.807, 2.05) is 26.0 Å². The van der Waals surface area contributed by atoms with E-state index in [1.54, 1.807) is 4.90 Å². The average Bonchev–Trinajstić information content (AvgIpc) is 2.79. The molecular weight excluding hydrogens is 284 g/mol. The van der Waals surface area contributed by atoms with Gasteiger partial charge < -0.3 is 10.2 Å². The molecule has 1 saturated heterocycles. The minimum atomic E-state index is -0.385. The molecule has 2 unspecified atom stereocenters. The smallest absolute Gasteiger partial charge is 0.246 e. The van der Waals surface area contributed by atoms with Gasteiger partial charge in [-0.15, -0.1) is 11.3 Å². The second kappa shape index (κ2) is 5.92. The first-order chi connectivity index (χ1) is 9.02. The number of carbonyl (C=O) groups excluding carboxylic acids is 2. The lowest BCUT2D eigenvalue weighted by molar-refractivity contribution is -0.146. The topological polar surface area (TPSA) is 49.4 Å². The lowest BCUT2D eigenvalue weighted by Gasteiger charge is -2.36. The van der Waals surface area contributed by atoms with Gasteiger partial charge in [-0.3, -0.25) is 9.59 Å². The summed E-state index contributed by atoms with van der Waals surface area (Å²) in [6.45, 7) is 4.05. The van der Waals surface area contributed by atoms with E-state index >= 15 is 0 Å². The Morgan fingerprint density at radius 3 is 2.84 bits per heavy atom. The van der Waals surface area contributed by atoms with Gasteiger partial charge >= 0.3 is 0 Å². The number of amides is 2. The average molecular weight is 301 g/mol. The molecule has 2 rings (SSSR count). The molecule has 0 radical (unpaired) electrons. The fourth-order valence-corrected chi connectivity index (χ4v) is 3.38. The van der Waals surface area contributed by atoms with Crippen molar-refractivity contribution in [3.05, 3.63) is 21.3 Å². The Kier molecular flexibility index (Phi) is 4.47. The number of nitrogens with one attached hydrogen (secondary N) is 1. The van der Waals surface area contributed by atoms with E-state index in [4.69, 9.17) is 11.6 Å². The molecule has 1 aromatic heterocycles. The van der Waals surface area contributed by atoms with Crippen LogP contribution in [-0.2, 0) is 9.59 Å². The number of nitrogens with zero attached hydrogens (tertiary/aromatic N) is 1. The lowest BCUT2D eigenvalue weighted by Crippen LogP contribution is -2.58. The molecule has 0 spiro atoms. The van der Waals surface area contributed by atoms with Crippen LogP contribution in [0, 0.1) is 0 Å². The van der Waals surface area contributed by atoms with E-state index in [0.717, 1.165) is 11.3 Å². The monoisotopic (exact) mass is 300 g/mol. The summed E-state index contributed by atoms with van der Waals surface area (Å²) in [6, 6.07) is 3.22. The predicted molar refractivity (Wildman–Crippen MR) is 76.3 cm³/mol. The van der Waals surface area contributed by atoms with Gasteiger partial charge in [0.2, 0.25) is 11.8 Å². The molecule has 2 atom stereocenters. The molecule has 0 saturated carbocycles. The van der Waals surface area contributed by atoms with Gasteiger partial charge in [0.15, 0.2) is 0 Å². The highest BCUT2D eigenvalue weighted by molar-refractivity contribution is 7.16. The van der Waals surface area contributed by atoms with Gasteiger partial charge in [0.25, 0.3) is 0 Å². The molecule has 1 N–H and O–H groups in total. The Hall–Kier alpha value is -1.07. The lowest BCUT2D eigenvalue weighted by atomic mass is 10.1. The number of halogens is 1. The van der Waals surface area contributed by atoms with Crippen molar-refractivity contribution in [2.24, 2.45) is 0 Å². The molecule has 4 nitrogen and oxygen atoms in total. The Bertz CT molecular complexity index is 489. The van der Waals surface area contributed by atoms with Crippen LogP contribution in [0.3, 0.4) is 0 Å². The highest BCUT2D eigenvalue weighted by Crippen LogP contribution is 2.31. The summed E-state index contributed by atoms with van der Waals surface area (Å²) in [5.41, 5.74) is 0. The molecule has 1 fully saturated rings. The van der Waals surface area contributed by atoms with Crippen LogP contribution in [0.5, 0.6) is 0 Å². The van der Waals surface area contributed by atoms with Crippen LogP contribution < -0.4 is 5.32 Å². The standard InChI is InChI=1S/C13H17ClN2O2S/c1-3-4-9-13(18)16(7-12(17)15-9)8(2)10-5-6-11(14)19-10/h5-6,8-9H,3-4,7H2,1-2H3,(H,15,17). The summed E-state index contributed by atoms with van der Waals surface area (Å²) in [6.07, 6.45) is 1.54. The number of thiophene rings is 1. The Morgan fingerprint density at radius 2 is 2.26 bits per heavy atom. The predicted octanol–water partition coefficient (Wildman–Crippen LogP) is 2.59. The maximum Gasteiger partial charge on any atom is 0.246 e. The van der Waals surface area contributed by atoms with Crippen molar-refractivity contribution in [2.45, 2.75) is 38.8 Å². The molecule has 1 aromatic rings. The van der Waals surface area contributed by atoms with Gasteiger partial charge in [-0.25, -0.2) is 0 Å². The Labute approximate surface area is 121 Å². The van der Waals surface area contributed by atoms with Gasteiger partial charge in [-0.2, -0.15) is 0 Å². The first-order valence-corrected chi connectivity index (χ1v) is 7.57. The van der Waals surface area contributed by atoms with Gasteiger partial charge in [-0.1, -0.05) is 24.9 Å². The summed E-state index contributed by atoms with van der Waals surface area (Å²) in [5.74, 6) is -0.0916. The molecule has 6 heteroatoms. The van der Waals surface area contributed by atoms with E-state index in [0.29, 0.717) is 10.8 Å². The minimum absolute atomic E-state index is 0.00141. The molecule has 19 heavy (non-hydrogen) atoms. The third-order valence-electron chi connectivity index (χ3n) is 3.28. The first-order valence-electron chi connectivity index (χ1n) is 6.38. The fourth-order valence-electron chi connectivity index (χ4n) is 2.25. The van der Waals surface area contributed by atoms with Crippen LogP contribution in [0.25, 0.3) is 0 Å². The fraction of sp³-hybridized carbons (Fsp3) is 0.538. The highest BCUT2D eigenvalue weighted by atomic mass is 35.5. The highest BCUT2D eigenvalue weighted by Gasteiger charge is 2.35. The quantitative estimate of drug-likeness (QED) is 0.929. The van der Waals surface area contributed by atoms with Crippen molar-refractivity contribution in [1.82, 2.24) is 10.2 Å². The van der Waals surface area contributed by atoms with Crippen LogP contribution >= 0.6 is 22.9 Å². The number of rotatable bonds is 4. The van der Waals surface area contributed by atoms with Crippen LogP contribution in [0.15, 0.2) is 12.1 Å². The molecule has 2 heterocycles. The van der Waals surface area contributed by atoms with Gasteiger partial charge in [0.05, 0.1) is 10.4 Å². The molecule has 104 valence electrons. The van der Waals surface area contributed by atoms with Gasteiger partial charge in [-0.05, 0) is 25.5 Å². The molecule has 1 aliphatic rings. The van der Waals surface area contributed by atoms with Crippen molar-refractivity contribution >= 4 is 34.8 Å². The summed E-state index contributed by atoms with van der Waals surface area (Å²) in [4.78, 5) is 26.7. The van der Waals surface area contributed by atoms with E-state index in [1.165, 1.54) is 11.3 Å². The maximum atomic E-state index is 12.4. The summed E-state index contributed by atoms with van der Waals surface area (Å²) in [5, 5.41) is 2.76. The zero-order valence-electron chi connectivity index (χ0n) is 11.0. The van der Waals surface area contributed by atoms with Crippen LogP contribution in [0.1, 0.15) is 37.6 Å². The molecule has 0 aliphatic carbocycles. The first kappa shape index (κ1) is 14.3. The van der Waals surface area contributed by atoms with E-state index in [9.17, 15) is 9.59 Å². The molecule has 0 bridgehead atoms. The SMILES string of the molecule is CCCC1NC(=O)CN(C(C)c2ccc(Cl)s2)C1=O. The Balaban J connectivity index is 2.17. The zero-order valence-corrected chi connectivity index (χ0v) is 12.6. The number of piperazine rings is 1. The number of hydrogen-bond acceptors (Lipinski definition) is 3. The molecule has 0 aromatic carbocycles. The van der Waals surface area contributed by atoms with Gasteiger partial charge in [0, 0.05) is 4.88 Å². The Morgan fingerprint density at radius 1 is 1.53 bits per heavy atom. The van der Waals surface area contributed by atoms with E-state index in [2.05, 4.69) is 5.32 Å². The van der Waals surface area contributed by atoms with Crippen molar-refractivity contribution in [3.8, 4) is 0 Å². The molecule has 1 aliphatic heterocycles. The third-order valence-corrected chi connectivity index (χ3v) is 4.68. The van der Waals surface area contributed by atoms with E-state index in [-0.39, 0.29) is 30.4 Å². The van der Waals surface area contributed by atoms with Gasteiger partial charge in [0.1, 0.15) is 12.6 Å². The molecular formula is C13H17ClN2O2S. The van der Waals surface area contributed by atoms with Crippen LogP contribution in [-0.4, -0.2) is 29.3 Å². The minimum Gasteiger partial charge on any atom is -0.343 e. The summed E-state index contributed by atoms with van der Waals surface area (Å²) in [7, 11) is 0. The van der Waals surface area contributed by atoms with Crippen molar-refractivity contribution in [2.75, 3.05) is 6.54 Å². The summed E-state index contributed by atoms with van der Waals surface area (Å²) >= 11 is 7.37. The van der Waals surface area contributed by atoms with E-state index < -0.39 is 0 Å². The normalized spacial score (nSPS) is 21.4. The largest absolute Gasteiger partial charge is 0.343 e. The zero-order chi connectivity index (χ0) is 14.0. The third kappa shape index (κ3) is 3.09. The summed E-state index contributed by atoms with van der Waals surface area (Å²) < 4.78 is 0.695. The maximum absolute atomic E-state index is 12.4. The molecule has 2 amide bonds. The van der Waals surface area contributed by atoms with Crippen molar-refractivity contribution in [3.63, 3.8) is 0 Å². The van der Waals surface area contributed by atoms with Crippen molar-refractivity contribution < 1.29 is 9.59 Å². The number of hydrogen-bond donors (Lipinski definition) is 1. The second-order valence-electron chi connectivity index (χ2n) is 4.69. The van der Waals surface area contributed by atoms with Crippen LogP contribution in [0.2, 0.25) is 4.34 Å². The number of carbonyl (C=O) groups is 2. The van der Waals surface area contributed by atoms with Crippen molar-refractivity contribution in [1.29, 1.82) is 0 Å². The van der Waals surface area contributed by atoms with Crippen LogP contribution in [0.4, 0.5) is 0 Å². The second-order valence-corrected chi connectivity index (χ2v) is 6.44.